The van der Waals surface area contributed by atoms with Crippen LogP contribution >= 0.6 is 0 Å². The highest BCUT2D eigenvalue weighted by Gasteiger charge is 2.29. The zero-order valence-corrected chi connectivity index (χ0v) is 10.2. The van der Waals surface area contributed by atoms with E-state index in [4.69, 9.17) is 5.73 Å². The van der Waals surface area contributed by atoms with Crippen LogP contribution in [0.2, 0.25) is 0 Å². The smallest absolute Gasteiger partial charge is 0.110 e. The van der Waals surface area contributed by atoms with Gasteiger partial charge in [0.25, 0.3) is 0 Å². The third kappa shape index (κ3) is 1.23. The van der Waals surface area contributed by atoms with Gasteiger partial charge in [0.05, 0.1) is 0 Å². The molecule has 4 N–H and O–H groups in total. The lowest BCUT2D eigenvalue weighted by Gasteiger charge is -2.28. The fraction of sp³-hybridized carbons (Fsp3) is 0.125. The summed E-state index contributed by atoms with van der Waals surface area (Å²) in [5.41, 5.74) is 8.24. The van der Waals surface area contributed by atoms with Crippen LogP contribution in [-0.4, -0.2) is 10.2 Å². The SMILES string of the molecule is Nc1ccc2c3c1ccc1cccc(c13)C(O)C2O. The Morgan fingerprint density at radius 3 is 2.32 bits per heavy atom. The molecular weight excluding hydrogens is 238 g/mol. The molecule has 3 aromatic carbocycles. The molecule has 0 heterocycles. The Labute approximate surface area is 109 Å². The van der Waals surface area contributed by atoms with Gasteiger partial charge in [-0.15, -0.1) is 0 Å². The van der Waals surface area contributed by atoms with Gasteiger partial charge in [-0.3, -0.25) is 0 Å². The van der Waals surface area contributed by atoms with E-state index in [0.29, 0.717) is 5.69 Å². The molecule has 0 fully saturated rings. The Balaban J connectivity index is 2.36. The summed E-state index contributed by atoms with van der Waals surface area (Å²) in [5.74, 6) is 0. The molecule has 4 rings (SSSR count). The Hall–Kier alpha value is -2.10. The summed E-state index contributed by atoms with van der Waals surface area (Å²) in [5, 5.41) is 24.5. The van der Waals surface area contributed by atoms with E-state index in [1.807, 2.05) is 30.3 Å². The first kappa shape index (κ1) is 10.8. The second-order valence-corrected chi connectivity index (χ2v) is 5.07. The summed E-state index contributed by atoms with van der Waals surface area (Å²) in [4.78, 5) is 0. The second-order valence-electron chi connectivity index (χ2n) is 5.07. The van der Waals surface area contributed by atoms with E-state index in [9.17, 15) is 10.2 Å². The van der Waals surface area contributed by atoms with Crippen molar-refractivity contribution in [2.24, 2.45) is 0 Å². The maximum atomic E-state index is 10.3. The first-order chi connectivity index (χ1) is 9.18. The molecule has 2 unspecified atom stereocenters. The van der Waals surface area contributed by atoms with Gasteiger partial charge in [-0.25, -0.2) is 0 Å². The minimum absolute atomic E-state index is 0.694. The third-order valence-corrected chi connectivity index (χ3v) is 4.06. The normalized spacial score (nSPS) is 21.4. The molecule has 1 aliphatic rings. The van der Waals surface area contributed by atoms with Gasteiger partial charge in [0, 0.05) is 11.1 Å². The first-order valence-electron chi connectivity index (χ1n) is 6.28. The van der Waals surface area contributed by atoms with Crippen LogP contribution in [0.15, 0.2) is 42.5 Å². The predicted molar refractivity (Wildman–Crippen MR) is 75.8 cm³/mol. The van der Waals surface area contributed by atoms with Crippen molar-refractivity contribution in [1.29, 1.82) is 0 Å². The average Bonchev–Trinajstić information content (AvgIpc) is 2.44. The average molecular weight is 251 g/mol. The van der Waals surface area contributed by atoms with Gasteiger partial charge in [0.1, 0.15) is 12.2 Å². The maximum absolute atomic E-state index is 10.3. The number of hydrogen-bond donors (Lipinski definition) is 3. The van der Waals surface area contributed by atoms with Crippen LogP contribution in [0.4, 0.5) is 5.69 Å². The number of rotatable bonds is 0. The first-order valence-corrected chi connectivity index (χ1v) is 6.28. The molecule has 3 heteroatoms. The minimum atomic E-state index is -0.899. The summed E-state index contributed by atoms with van der Waals surface area (Å²) in [7, 11) is 0. The van der Waals surface area contributed by atoms with E-state index >= 15 is 0 Å². The summed E-state index contributed by atoms with van der Waals surface area (Å²) >= 11 is 0. The molecule has 19 heavy (non-hydrogen) atoms. The third-order valence-electron chi connectivity index (χ3n) is 4.06. The monoisotopic (exact) mass is 251 g/mol. The lowest BCUT2D eigenvalue weighted by atomic mass is 9.82. The molecule has 0 radical (unpaired) electrons. The van der Waals surface area contributed by atoms with Crippen LogP contribution in [0, 0.1) is 0 Å². The number of nitrogen functional groups attached to an aromatic ring is 1. The minimum Gasteiger partial charge on any atom is -0.398 e. The summed E-state index contributed by atoms with van der Waals surface area (Å²) in [6, 6.07) is 13.3. The van der Waals surface area contributed by atoms with Gasteiger partial charge in [-0.2, -0.15) is 0 Å². The summed E-state index contributed by atoms with van der Waals surface area (Å²) < 4.78 is 0. The summed E-state index contributed by atoms with van der Waals surface area (Å²) in [6.45, 7) is 0. The van der Waals surface area contributed by atoms with Gasteiger partial charge >= 0.3 is 0 Å². The molecule has 0 saturated heterocycles. The highest BCUT2D eigenvalue weighted by atomic mass is 16.3. The van der Waals surface area contributed by atoms with Crippen molar-refractivity contribution >= 4 is 27.2 Å². The van der Waals surface area contributed by atoms with Crippen LogP contribution < -0.4 is 5.73 Å². The number of benzene rings is 3. The Kier molecular flexibility index (Phi) is 1.97. The molecule has 0 amide bonds. The van der Waals surface area contributed by atoms with E-state index in [0.717, 1.165) is 32.7 Å². The Morgan fingerprint density at radius 1 is 0.789 bits per heavy atom. The van der Waals surface area contributed by atoms with Crippen LogP contribution in [-0.2, 0) is 0 Å². The Bertz CT molecular complexity index is 826. The largest absolute Gasteiger partial charge is 0.398 e. The molecule has 94 valence electrons. The van der Waals surface area contributed by atoms with Gasteiger partial charge in [0.2, 0.25) is 0 Å². The molecule has 1 aliphatic carbocycles. The quantitative estimate of drug-likeness (QED) is 0.425. The fourth-order valence-electron chi connectivity index (χ4n) is 3.13. The van der Waals surface area contributed by atoms with E-state index < -0.39 is 12.2 Å². The highest BCUT2D eigenvalue weighted by Crippen LogP contribution is 2.45. The van der Waals surface area contributed by atoms with E-state index in [2.05, 4.69) is 0 Å². The molecule has 2 atom stereocenters. The van der Waals surface area contributed by atoms with Gasteiger partial charge in [0.15, 0.2) is 0 Å². The maximum Gasteiger partial charge on any atom is 0.110 e. The number of anilines is 1. The molecule has 0 saturated carbocycles. The van der Waals surface area contributed by atoms with Gasteiger partial charge in [-0.05, 0) is 33.4 Å². The van der Waals surface area contributed by atoms with Crippen molar-refractivity contribution in [3.8, 4) is 0 Å². The zero-order chi connectivity index (χ0) is 13.1. The van der Waals surface area contributed by atoms with Gasteiger partial charge in [-0.1, -0.05) is 36.4 Å². The van der Waals surface area contributed by atoms with Crippen LogP contribution in [0.25, 0.3) is 21.5 Å². The van der Waals surface area contributed by atoms with Crippen molar-refractivity contribution in [1.82, 2.24) is 0 Å². The lowest BCUT2D eigenvalue weighted by molar-refractivity contribution is 0.0178. The van der Waals surface area contributed by atoms with Crippen molar-refractivity contribution in [2.75, 3.05) is 5.73 Å². The lowest BCUT2D eigenvalue weighted by Crippen LogP contribution is -2.15. The fourth-order valence-corrected chi connectivity index (χ4v) is 3.13. The highest BCUT2D eigenvalue weighted by molar-refractivity contribution is 6.15. The molecule has 0 aromatic heterocycles. The number of aliphatic hydroxyl groups is 2. The molecule has 3 aromatic rings. The molecule has 3 nitrogen and oxygen atoms in total. The van der Waals surface area contributed by atoms with Gasteiger partial charge < -0.3 is 15.9 Å². The van der Waals surface area contributed by atoms with E-state index in [-0.39, 0.29) is 0 Å². The number of nitrogens with two attached hydrogens (primary N) is 1. The topological polar surface area (TPSA) is 66.5 Å². The molecule has 0 bridgehead atoms. The summed E-state index contributed by atoms with van der Waals surface area (Å²) in [6.07, 6.45) is -1.78. The molecule has 0 aliphatic heterocycles. The molecular formula is C16H13NO2. The zero-order valence-electron chi connectivity index (χ0n) is 10.2. The van der Waals surface area contributed by atoms with Crippen LogP contribution in [0.5, 0.6) is 0 Å². The second kappa shape index (κ2) is 3.47. The standard InChI is InChI=1S/C16H13NO2/c17-12-7-6-11-14-9(12)5-4-8-2-1-3-10(13(8)14)15(18)16(11)19/h1-7,15-16,18-19H,17H2. The van der Waals surface area contributed by atoms with Crippen molar-refractivity contribution in [3.05, 3.63) is 53.6 Å². The van der Waals surface area contributed by atoms with E-state index in [1.165, 1.54) is 0 Å². The van der Waals surface area contributed by atoms with Crippen LogP contribution in [0.1, 0.15) is 23.3 Å². The number of hydrogen-bond acceptors (Lipinski definition) is 3. The van der Waals surface area contributed by atoms with Crippen molar-refractivity contribution in [2.45, 2.75) is 12.2 Å². The van der Waals surface area contributed by atoms with Crippen molar-refractivity contribution < 1.29 is 10.2 Å². The van der Waals surface area contributed by atoms with Crippen molar-refractivity contribution in [3.63, 3.8) is 0 Å². The van der Waals surface area contributed by atoms with Crippen LogP contribution in [0.3, 0.4) is 0 Å². The Morgan fingerprint density at radius 2 is 1.53 bits per heavy atom. The molecule has 0 spiro atoms. The van der Waals surface area contributed by atoms with E-state index in [1.54, 1.807) is 12.1 Å². The number of aliphatic hydroxyl groups excluding tert-OH is 2. The predicted octanol–water partition coefficient (Wildman–Crippen LogP) is 2.66.